The van der Waals surface area contributed by atoms with Crippen LogP contribution in [0.5, 0.6) is 0 Å². The fraction of sp³-hybridized carbons (Fsp3) is 0.190. The topological polar surface area (TPSA) is 55.1 Å². The Hall–Kier alpha value is -2.59. The van der Waals surface area contributed by atoms with Gasteiger partial charge in [-0.25, -0.2) is 0 Å². The van der Waals surface area contributed by atoms with E-state index in [-0.39, 0.29) is 11.3 Å². The molecule has 0 aliphatic heterocycles. The molecule has 0 fully saturated rings. The second-order valence-corrected chi connectivity index (χ2v) is 8.01. The summed E-state index contributed by atoms with van der Waals surface area (Å²) in [4.78, 5) is 13.7. The van der Waals surface area contributed by atoms with Gasteiger partial charge in [-0.3, -0.25) is 4.79 Å². The maximum Gasteiger partial charge on any atom is 0.255 e. The highest BCUT2D eigenvalue weighted by atomic mass is 32.1. The number of rotatable bonds is 3. The van der Waals surface area contributed by atoms with Gasteiger partial charge < -0.3 is 11.1 Å². The number of carbonyl (C=O) groups excluding carboxylic acids is 1. The number of nitrogen functional groups attached to an aromatic ring is 1. The number of hydrogen-bond donors (Lipinski definition) is 2. The van der Waals surface area contributed by atoms with Crippen molar-refractivity contribution in [3.63, 3.8) is 0 Å². The van der Waals surface area contributed by atoms with Crippen LogP contribution in [-0.4, -0.2) is 5.91 Å². The lowest BCUT2D eigenvalue weighted by atomic mass is 9.87. The molecular weight excluding hydrogens is 328 g/mol. The molecule has 0 unspecified atom stereocenters. The minimum atomic E-state index is -0.157. The molecule has 3 nitrogen and oxygen atoms in total. The van der Waals surface area contributed by atoms with Gasteiger partial charge >= 0.3 is 0 Å². The first-order chi connectivity index (χ1) is 11.8. The van der Waals surface area contributed by atoms with Crippen molar-refractivity contribution < 1.29 is 4.79 Å². The highest BCUT2D eigenvalue weighted by molar-refractivity contribution is 7.13. The van der Waals surface area contributed by atoms with Gasteiger partial charge in [-0.05, 0) is 52.3 Å². The number of thiophene rings is 1. The SMILES string of the molecule is CC(C)(C)c1ccc(C(=O)Nc2cc(-c3cccs3)ccc2N)cc1. The second-order valence-electron chi connectivity index (χ2n) is 7.06. The van der Waals surface area contributed by atoms with Gasteiger partial charge in [0.25, 0.3) is 5.91 Å². The van der Waals surface area contributed by atoms with Crippen LogP contribution in [-0.2, 0) is 5.41 Å². The Labute approximate surface area is 152 Å². The average molecular weight is 350 g/mol. The molecule has 0 radical (unpaired) electrons. The monoisotopic (exact) mass is 350 g/mol. The Balaban J connectivity index is 1.82. The van der Waals surface area contributed by atoms with Crippen molar-refractivity contribution in [3.05, 3.63) is 71.1 Å². The zero-order valence-corrected chi connectivity index (χ0v) is 15.5. The fourth-order valence-electron chi connectivity index (χ4n) is 2.58. The maximum absolute atomic E-state index is 12.6. The first-order valence-electron chi connectivity index (χ1n) is 8.20. The van der Waals surface area contributed by atoms with Gasteiger partial charge in [0.15, 0.2) is 0 Å². The number of anilines is 2. The molecular formula is C21H22N2OS. The van der Waals surface area contributed by atoms with Crippen LogP contribution in [0, 0.1) is 0 Å². The van der Waals surface area contributed by atoms with Crippen molar-refractivity contribution in [2.24, 2.45) is 0 Å². The molecule has 0 aliphatic carbocycles. The van der Waals surface area contributed by atoms with Crippen LogP contribution in [0.25, 0.3) is 10.4 Å². The Bertz CT molecular complexity index is 875. The molecule has 3 N–H and O–H groups in total. The minimum absolute atomic E-state index is 0.0640. The first kappa shape index (κ1) is 17.2. The van der Waals surface area contributed by atoms with E-state index in [1.807, 2.05) is 60.0 Å². The first-order valence-corrected chi connectivity index (χ1v) is 9.08. The van der Waals surface area contributed by atoms with Crippen molar-refractivity contribution in [2.45, 2.75) is 26.2 Å². The van der Waals surface area contributed by atoms with E-state index in [0.29, 0.717) is 16.9 Å². The Morgan fingerprint density at radius 3 is 2.36 bits per heavy atom. The summed E-state index contributed by atoms with van der Waals surface area (Å²) < 4.78 is 0. The average Bonchev–Trinajstić information content (AvgIpc) is 3.10. The molecule has 0 spiro atoms. The number of hydrogen-bond acceptors (Lipinski definition) is 3. The maximum atomic E-state index is 12.6. The molecule has 3 rings (SSSR count). The zero-order chi connectivity index (χ0) is 18.0. The summed E-state index contributed by atoms with van der Waals surface area (Å²) in [7, 11) is 0. The molecule has 25 heavy (non-hydrogen) atoms. The van der Waals surface area contributed by atoms with Crippen LogP contribution >= 0.6 is 11.3 Å². The summed E-state index contributed by atoms with van der Waals surface area (Å²) in [5.41, 5.74) is 10.2. The molecule has 1 heterocycles. The van der Waals surface area contributed by atoms with Gasteiger partial charge in [0.2, 0.25) is 0 Å². The van der Waals surface area contributed by atoms with Crippen molar-refractivity contribution in [1.29, 1.82) is 0 Å². The van der Waals surface area contributed by atoms with E-state index in [0.717, 1.165) is 10.4 Å². The van der Waals surface area contributed by atoms with E-state index in [4.69, 9.17) is 5.73 Å². The van der Waals surface area contributed by atoms with E-state index in [9.17, 15) is 4.79 Å². The third-order valence-corrected chi connectivity index (χ3v) is 5.04. The molecule has 0 saturated heterocycles. The Morgan fingerprint density at radius 2 is 1.76 bits per heavy atom. The van der Waals surface area contributed by atoms with Crippen LogP contribution < -0.4 is 11.1 Å². The number of benzene rings is 2. The minimum Gasteiger partial charge on any atom is -0.397 e. The standard InChI is InChI=1S/C21H22N2OS/c1-21(2,3)16-9-6-14(7-10-16)20(24)23-18-13-15(8-11-17(18)22)19-5-4-12-25-19/h4-13H,22H2,1-3H3,(H,23,24). The highest BCUT2D eigenvalue weighted by Crippen LogP contribution is 2.30. The molecule has 2 aromatic carbocycles. The molecule has 1 aromatic heterocycles. The molecule has 0 atom stereocenters. The van der Waals surface area contributed by atoms with Gasteiger partial charge in [0, 0.05) is 10.4 Å². The fourth-order valence-corrected chi connectivity index (χ4v) is 3.30. The molecule has 0 bridgehead atoms. The summed E-state index contributed by atoms with van der Waals surface area (Å²) in [5, 5.41) is 4.96. The highest BCUT2D eigenvalue weighted by Gasteiger charge is 2.15. The molecule has 128 valence electrons. The predicted molar refractivity (Wildman–Crippen MR) is 107 cm³/mol. The molecule has 0 saturated carbocycles. The summed E-state index contributed by atoms with van der Waals surface area (Å²) in [6.07, 6.45) is 0. The van der Waals surface area contributed by atoms with Crippen LogP contribution in [0.1, 0.15) is 36.7 Å². The second kappa shape index (κ2) is 6.73. The third kappa shape index (κ3) is 3.91. The van der Waals surface area contributed by atoms with E-state index >= 15 is 0 Å². The van der Waals surface area contributed by atoms with Crippen LogP contribution in [0.4, 0.5) is 11.4 Å². The van der Waals surface area contributed by atoms with Crippen molar-refractivity contribution in [1.82, 2.24) is 0 Å². The van der Waals surface area contributed by atoms with E-state index in [2.05, 4.69) is 26.1 Å². The largest absolute Gasteiger partial charge is 0.397 e. The molecule has 1 amide bonds. The lowest BCUT2D eigenvalue weighted by Gasteiger charge is -2.19. The Morgan fingerprint density at radius 1 is 1.04 bits per heavy atom. The summed E-state index contributed by atoms with van der Waals surface area (Å²) in [6, 6.07) is 17.5. The van der Waals surface area contributed by atoms with Crippen molar-refractivity contribution >= 4 is 28.6 Å². The van der Waals surface area contributed by atoms with Gasteiger partial charge in [0.05, 0.1) is 11.4 Å². The number of nitrogens with two attached hydrogens (primary N) is 1. The predicted octanol–water partition coefficient (Wildman–Crippen LogP) is 5.55. The van der Waals surface area contributed by atoms with E-state index in [1.54, 1.807) is 11.3 Å². The van der Waals surface area contributed by atoms with E-state index in [1.165, 1.54) is 5.56 Å². The van der Waals surface area contributed by atoms with Crippen molar-refractivity contribution in [2.75, 3.05) is 11.1 Å². The van der Waals surface area contributed by atoms with Crippen LogP contribution in [0.2, 0.25) is 0 Å². The summed E-state index contributed by atoms with van der Waals surface area (Å²) >= 11 is 1.66. The number of nitrogens with one attached hydrogen (secondary N) is 1. The number of amides is 1. The Kier molecular flexibility index (Phi) is 4.64. The number of carbonyl (C=O) groups is 1. The smallest absolute Gasteiger partial charge is 0.255 e. The zero-order valence-electron chi connectivity index (χ0n) is 14.7. The van der Waals surface area contributed by atoms with Gasteiger partial charge in [-0.1, -0.05) is 45.0 Å². The van der Waals surface area contributed by atoms with Crippen LogP contribution in [0.3, 0.4) is 0 Å². The summed E-state index contributed by atoms with van der Waals surface area (Å²) in [6.45, 7) is 6.45. The normalized spacial score (nSPS) is 11.3. The lowest BCUT2D eigenvalue weighted by molar-refractivity contribution is 0.102. The summed E-state index contributed by atoms with van der Waals surface area (Å²) in [5.74, 6) is -0.157. The van der Waals surface area contributed by atoms with Gasteiger partial charge in [0.1, 0.15) is 0 Å². The van der Waals surface area contributed by atoms with Crippen LogP contribution in [0.15, 0.2) is 60.0 Å². The van der Waals surface area contributed by atoms with Gasteiger partial charge in [-0.2, -0.15) is 0 Å². The molecule has 3 aromatic rings. The molecule has 0 aliphatic rings. The lowest BCUT2D eigenvalue weighted by Crippen LogP contribution is -2.15. The third-order valence-electron chi connectivity index (χ3n) is 4.12. The molecule has 4 heteroatoms. The van der Waals surface area contributed by atoms with Crippen molar-refractivity contribution in [3.8, 4) is 10.4 Å². The van der Waals surface area contributed by atoms with E-state index < -0.39 is 0 Å². The quantitative estimate of drug-likeness (QED) is 0.609. The van der Waals surface area contributed by atoms with Gasteiger partial charge in [-0.15, -0.1) is 11.3 Å².